The Balaban J connectivity index is 2.31. The van der Waals surface area contributed by atoms with Gasteiger partial charge in [0, 0.05) is 18.6 Å². The van der Waals surface area contributed by atoms with Gasteiger partial charge in [0.15, 0.2) is 0 Å². The Morgan fingerprint density at radius 2 is 2.33 bits per heavy atom. The molecule has 0 aliphatic rings. The summed E-state index contributed by atoms with van der Waals surface area (Å²) in [4.78, 5) is 4.26. The second-order valence-corrected chi connectivity index (χ2v) is 4.30. The Morgan fingerprint density at radius 1 is 1.53 bits per heavy atom. The maximum Gasteiger partial charge on any atom is 0.140 e. The number of pyridine rings is 1. The van der Waals surface area contributed by atoms with Crippen LogP contribution in [0.25, 0.3) is 0 Å². The highest BCUT2D eigenvalue weighted by atomic mass is 79.9. The van der Waals surface area contributed by atoms with Crippen LogP contribution in [0.3, 0.4) is 0 Å². The van der Waals surface area contributed by atoms with Crippen molar-refractivity contribution in [3.05, 3.63) is 22.3 Å². The minimum atomic E-state index is 0.534. The van der Waals surface area contributed by atoms with Crippen LogP contribution in [0.15, 0.2) is 16.7 Å². The molecule has 0 aromatic carbocycles. The number of hydrogen-bond donors (Lipinski definition) is 1. The lowest BCUT2D eigenvalue weighted by Gasteiger charge is -2.07. The van der Waals surface area contributed by atoms with E-state index in [0.29, 0.717) is 19.1 Å². The number of ether oxygens (including phenoxy) is 1. The predicted molar refractivity (Wildman–Crippen MR) is 66.7 cm³/mol. The second kappa shape index (κ2) is 7.04. The topological polar surface area (TPSA) is 34.2 Å². The summed E-state index contributed by atoms with van der Waals surface area (Å²) in [5, 5.41) is 3.17. The minimum Gasteiger partial charge on any atom is -0.378 e. The third-order valence-corrected chi connectivity index (χ3v) is 2.50. The number of aryl methyl sites for hydroxylation is 1. The van der Waals surface area contributed by atoms with Crippen molar-refractivity contribution in [3.8, 4) is 0 Å². The van der Waals surface area contributed by atoms with Crippen molar-refractivity contribution in [2.24, 2.45) is 0 Å². The lowest BCUT2D eigenvalue weighted by molar-refractivity contribution is 0.160. The molecule has 0 bridgehead atoms. The van der Waals surface area contributed by atoms with E-state index in [-0.39, 0.29) is 0 Å². The molecule has 1 aromatic heterocycles. The third kappa shape index (κ3) is 4.82. The van der Waals surface area contributed by atoms with E-state index >= 15 is 0 Å². The van der Waals surface area contributed by atoms with Gasteiger partial charge >= 0.3 is 0 Å². The van der Waals surface area contributed by atoms with E-state index in [1.165, 1.54) is 0 Å². The van der Waals surface area contributed by atoms with Crippen LogP contribution in [0, 0.1) is 6.92 Å². The molecule has 1 heterocycles. The summed E-state index contributed by atoms with van der Waals surface area (Å²) in [5.41, 5.74) is 1.13. The van der Waals surface area contributed by atoms with E-state index in [0.717, 1.165) is 22.4 Å². The third-order valence-electron chi connectivity index (χ3n) is 1.74. The molecule has 0 fully saturated rings. The molecule has 0 aliphatic heterocycles. The first-order chi connectivity index (χ1) is 7.24. The molecule has 5 heteroatoms. The molecule has 3 nitrogen and oxygen atoms in total. The minimum absolute atomic E-state index is 0.534. The number of nitrogens with zero attached hydrogens (tertiary/aromatic N) is 1. The Bertz CT molecular complexity index is 309. The average Bonchev–Trinajstić information content (AvgIpc) is 2.20. The normalized spacial score (nSPS) is 10.3. The number of rotatable bonds is 6. The Hall–Kier alpha value is -0.320. The number of aromatic nitrogens is 1. The van der Waals surface area contributed by atoms with Crippen molar-refractivity contribution in [1.82, 2.24) is 4.98 Å². The zero-order valence-electron chi connectivity index (χ0n) is 8.59. The molecule has 0 amide bonds. The van der Waals surface area contributed by atoms with E-state index < -0.39 is 0 Å². The smallest absolute Gasteiger partial charge is 0.140 e. The first kappa shape index (κ1) is 12.7. The summed E-state index contributed by atoms with van der Waals surface area (Å²) in [6, 6.07) is 2.02. The standard InChI is InChI=1S/C10H14BrClN2O/c1-8-6-9(11)10(14-7-8)13-3-5-15-4-2-12/h6-7H,2-5H2,1H3,(H,13,14). The van der Waals surface area contributed by atoms with Gasteiger partial charge in [-0.15, -0.1) is 11.6 Å². The fraction of sp³-hybridized carbons (Fsp3) is 0.500. The van der Waals surface area contributed by atoms with Gasteiger partial charge in [0.05, 0.1) is 17.7 Å². The van der Waals surface area contributed by atoms with E-state index in [4.69, 9.17) is 16.3 Å². The monoisotopic (exact) mass is 292 g/mol. The largest absolute Gasteiger partial charge is 0.378 e. The van der Waals surface area contributed by atoms with E-state index in [1.807, 2.05) is 19.2 Å². The highest BCUT2D eigenvalue weighted by Crippen LogP contribution is 2.19. The average molecular weight is 294 g/mol. The van der Waals surface area contributed by atoms with Gasteiger partial charge < -0.3 is 10.1 Å². The van der Waals surface area contributed by atoms with Crippen molar-refractivity contribution >= 4 is 33.3 Å². The van der Waals surface area contributed by atoms with Crippen molar-refractivity contribution in [2.45, 2.75) is 6.92 Å². The first-order valence-electron chi connectivity index (χ1n) is 4.73. The molecular formula is C10H14BrClN2O. The molecule has 0 radical (unpaired) electrons. The van der Waals surface area contributed by atoms with Crippen molar-refractivity contribution in [2.75, 3.05) is 31.0 Å². The molecule has 0 aliphatic carbocycles. The molecule has 0 saturated heterocycles. The van der Waals surface area contributed by atoms with Gasteiger partial charge in [-0.3, -0.25) is 0 Å². The van der Waals surface area contributed by atoms with Crippen LogP contribution in [-0.4, -0.2) is 30.6 Å². The van der Waals surface area contributed by atoms with Crippen LogP contribution in [-0.2, 0) is 4.74 Å². The van der Waals surface area contributed by atoms with Crippen molar-refractivity contribution in [1.29, 1.82) is 0 Å². The van der Waals surface area contributed by atoms with Gasteiger partial charge in [0.1, 0.15) is 5.82 Å². The molecule has 1 N–H and O–H groups in total. The van der Waals surface area contributed by atoms with Crippen molar-refractivity contribution in [3.63, 3.8) is 0 Å². The molecule has 15 heavy (non-hydrogen) atoms. The quantitative estimate of drug-likeness (QED) is 0.647. The highest BCUT2D eigenvalue weighted by molar-refractivity contribution is 9.10. The maximum absolute atomic E-state index is 5.47. The lowest BCUT2D eigenvalue weighted by atomic mass is 10.3. The summed E-state index contributed by atoms with van der Waals surface area (Å²) in [5.74, 6) is 1.38. The molecule has 0 spiro atoms. The maximum atomic E-state index is 5.47. The summed E-state index contributed by atoms with van der Waals surface area (Å²) in [6.45, 7) is 3.96. The van der Waals surface area contributed by atoms with Gasteiger partial charge in [-0.25, -0.2) is 4.98 Å². The Labute approximate surface area is 103 Å². The van der Waals surface area contributed by atoms with Gasteiger partial charge in [0.2, 0.25) is 0 Å². The SMILES string of the molecule is Cc1cnc(NCCOCCCl)c(Br)c1. The number of nitrogens with one attached hydrogen (secondary N) is 1. The number of anilines is 1. The Kier molecular flexibility index (Phi) is 5.98. The first-order valence-corrected chi connectivity index (χ1v) is 6.06. The molecule has 84 valence electrons. The molecule has 1 aromatic rings. The van der Waals surface area contributed by atoms with Crippen molar-refractivity contribution < 1.29 is 4.74 Å². The van der Waals surface area contributed by atoms with Gasteiger partial charge in [-0.2, -0.15) is 0 Å². The van der Waals surface area contributed by atoms with Crippen LogP contribution in [0.1, 0.15) is 5.56 Å². The number of hydrogen-bond acceptors (Lipinski definition) is 3. The Morgan fingerprint density at radius 3 is 3.00 bits per heavy atom. The van der Waals surface area contributed by atoms with Crippen LogP contribution < -0.4 is 5.32 Å². The zero-order valence-corrected chi connectivity index (χ0v) is 10.9. The van der Waals surface area contributed by atoms with Crippen LogP contribution in [0.2, 0.25) is 0 Å². The van der Waals surface area contributed by atoms with Crippen LogP contribution in [0.5, 0.6) is 0 Å². The van der Waals surface area contributed by atoms with E-state index in [1.54, 1.807) is 0 Å². The summed E-state index contributed by atoms with van der Waals surface area (Å²) >= 11 is 8.92. The fourth-order valence-electron chi connectivity index (χ4n) is 1.06. The highest BCUT2D eigenvalue weighted by Gasteiger charge is 1.99. The van der Waals surface area contributed by atoms with Crippen LogP contribution >= 0.6 is 27.5 Å². The second-order valence-electron chi connectivity index (χ2n) is 3.07. The van der Waals surface area contributed by atoms with Gasteiger partial charge in [-0.05, 0) is 34.5 Å². The van der Waals surface area contributed by atoms with E-state index in [9.17, 15) is 0 Å². The fourth-order valence-corrected chi connectivity index (χ4v) is 1.77. The zero-order chi connectivity index (χ0) is 11.1. The lowest BCUT2D eigenvalue weighted by Crippen LogP contribution is -2.11. The predicted octanol–water partition coefficient (Wildman–Crippen LogP) is 2.82. The summed E-state index contributed by atoms with van der Waals surface area (Å²) in [7, 11) is 0. The molecule has 0 unspecified atom stereocenters. The molecule has 0 atom stereocenters. The van der Waals surface area contributed by atoms with Gasteiger partial charge in [-0.1, -0.05) is 0 Å². The van der Waals surface area contributed by atoms with E-state index in [2.05, 4.69) is 26.2 Å². The number of halogens is 2. The molecule has 0 saturated carbocycles. The molecular weight excluding hydrogens is 279 g/mol. The number of alkyl halides is 1. The molecule has 1 rings (SSSR count). The summed E-state index contributed by atoms with van der Waals surface area (Å²) < 4.78 is 6.20. The van der Waals surface area contributed by atoms with Crippen LogP contribution in [0.4, 0.5) is 5.82 Å². The summed E-state index contributed by atoms with van der Waals surface area (Å²) in [6.07, 6.45) is 1.83. The van der Waals surface area contributed by atoms with Gasteiger partial charge in [0.25, 0.3) is 0 Å².